The Kier molecular flexibility index (Phi) is 5.01. The van der Waals surface area contributed by atoms with Crippen molar-refractivity contribution >= 4 is 11.6 Å². The lowest BCUT2D eigenvalue weighted by Gasteiger charge is -2.14. The van der Waals surface area contributed by atoms with Gasteiger partial charge in [0.2, 0.25) is 0 Å². The van der Waals surface area contributed by atoms with Crippen LogP contribution in [0.25, 0.3) is 0 Å². The lowest BCUT2D eigenvalue weighted by molar-refractivity contribution is 0.108. The molecule has 106 valence electrons. The van der Waals surface area contributed by atoms with Crippen LogP contribution in [-0.4, -0.2) is 16.8 Å². The van der Waals surface area contributed by atoms with Crippen molar-refractivity contribution in [3.05, 3.63) is 64.7 Å². The highest BCUT2D eigenvalue weighted by Gasteiger charge is 2.10. The summed E-state index contributed by atoms with van der Waals surface area (Å²) in [6, 6.07) is 14.4. The third kappa shape index (κ3) is 3.73. The summed E-state index contributed by atoms with van der Waals surface area (Å²) in [6.07, 6.45) is -1.28. The van der Waals surface area contributed by atoms with Crippen LogP contribution in [0, 0.1) is 0 Å². The van der Waals surface area contributed by atoms with Gasteiger partial charge < -0.3 is 14.9 Å². The topological polar surface area (TPSA) is 49.7 Å². The minimum Gasteiger partial charge on any atom is -0.489 e. The SMILES string of the molecule is C[C@@H](O)c1ccc(OCC(O)c2ccccc2)c(Cl)c1. The summed E-state index contributed by atoms with van der Waals surface area (Å²) in [7, 11) is 0. The fourth-order valence-corrected chi connectivity index (χ4v) is 2.08. The van der Waals surface area contributed by atoms with Crippen molar-refractivity contribution in [1.82, 2.24) is 0 Å². The van der Waals surface area contributed by atoms with Crippen molar-refractivity contribution in [3.63, 3.8) is 0 Å². The van der Waals surface area contributed by atoms with Gasteiger partial charge in [-0.3, -0.25) is 0 Å². The van der Waals surface area contributed by atoms with E-state index in [1.807, 2.05) is 30.3 Å². The monoisotopic (exact) mass is 292 g/mol. The third-order valence-corrected chi connectivity index (χ3v) is 3.31. The fourth-order valence-electron chi connectivity index (χ4n) is 1.83. The smallest absolute Gasteiger partial charge is 0.138 e. The molecule has 2 rings (SSSR count). The Hall–Kier alpha value is -1.55. The Balaban J connectivity index is 2.01. The molecule has 2 atom stereocenters. The first-order valence-corrected chi connectivity index (χ1v) is 6.79. The Morgan fingerprint density at radius 2 is 1.75 bits per heavy atom. The number of hydrogen-bond acceptors (Lipinski definition) is 3. The van der Waals surface area contributed by atoms with E-state index >= 15 is 0 Å². The molecule has 0 radical (unpaired) electrons. The van der Waals surface area contributed by atoms with Crippen molar-refractivity contribution in [2.45, 2.75) is 19.1 Å². The molecular formula is C16H17ClO3. The molecule has 0 saturated carbocycles. The number of rotatable bonds is 5. The lowest BCUT2D eigenvalue weighted by Crippen LogP contribution is -2.09. The Morgan fingerprint density at radius 3 is 2.35 bits per heavy atom. The highest BCUT2D eigenvalue weighted by atomic mass is 35.5. The van der Waals surface area contributed by atoms with Gasteiger partial charge in [-0.2, -0.15) is 0 Å². The summed E-state index contributed by atoms with van der Waals surface area (Å²) in [4.78, 5) is 0. The van der Waals surface area contributed by atoms with Gasteiger partial charge in [0.25, 0.3) is 0 Å². The van der Waals surface area contributed by atoms with Crippen LogP contribution in [0.2, 0.25) is 5.02 Å². The molecule has 1 unspecified atom stereocenters. The summed E-state index contributed by atoms with van der Waals surface area (Å²) >= 11 is 6.09. The summed E-state index contributed by atoms with van der Waals surface area (Å²) in [5.41, 5.74) is 1.52. The molecule has 0 spiro atoms. The zero-order chi connectivity index (χ0) is 14.5. The van der Waals surface area contributed by atoms with Crippen LogP contribution in [-0.2, 0) is 0 Å². The Labute approximate surface area is 123 Å². The van der Waals surface area contributed by atoms with E-state index in [0.29, 0.717) is 10.8 Å². The standard InChI is InChI=1S/C16H17ClO3/c1-11(18)13-7-8-16(14(17)9-13)20-10-15(19)12-5-3-2-4-6-12/h2-9,11,15,18-19H,10H2,1H3/t11-,15?/m1/s1. The van der Waals surface area contributed by atoms with Gasteiger partial charge in [0.05, 0.1) is 11.1 Å². The largest absolute Gasteiger partial charge is 0.489 e. The average molecular weight is 293 g/mol. The van der Waals surface area contributed by atoms with Crippen LogP contribution in [0.1, 0.15) is 30.3 Å². The first-order valence-electron chi connectivity index (χ1n) is 6.41. The number of aliphatic hydroxyl groups is 2. The molecule has 0 fully saturated rings. The zero-order valence-electron chi connectivity index (χ0n) is 11.2. The number of hydrogen-bond donors (Lipinski definition) is 2. The summed E-state index contributed by atoms with van der Waals surface area (Å²) in [6.45, 7) is 1.79. The first-order chi connectivity index (χ1) is 9.58. The van der Waals surface area contributed by atoms with Gasteiger partial charge in [-0.05, 0) is 30.2 Å². The Morgan fingerprint density at radius 1 is 1.05 bits per heavy atom. The normalized spacial score (nSPS) is 13.8. The molecule has 0 heterocycles. The van der Waals surface area contributed by atoms with Crippen LogP contribution in [0.5, 0.6) is 5.75 Å². The van der Waals surface area contributed by atoms with Crippen LogP contribution < -0.4 is 4.74 Å². The van der Waals surface area contributed by atoms with E-state index in [0.717, 1.165) is 11.1 Å². The highest BCUT2D eigenvalue weighted by Crippen LogP contribution is 2.28. The molecular weight excluding hydrogens is 276 g/mol. The van der Waals surface area contributed by atoms with Crippen molar-refractivity contribution in [3.8, 4) is 5.75 Å². The second-order valence-electron chi connectivity index (χ2n) is 4.60. The van der Waals surface area contributed by atoms with E-state index in [1.54, 1.807) is 25.1 Å². The summed E-state index contributed by atoms with van der Waals surface area (Å²) < 4.78 is 5.52. The number of halogens is 1. The molecule has 2 aromatic rings. The van der Waals surface area contributed by atoms with Gasteiger partial charge in [0, 0.05) is 0 Å². The van der Waals surface area contributed by atoms with Crippen molar-refractivity contribution in [2.75, 3.05) is 6.61 Å². The molecule has 0 aliphatic heterocycles. The van der Waals surface area contributed by atoms with Gasteiger partial charge in [0.1, 0.15) is 18.5 Å². The molecule has 0 amide bonds. The predicted molar refractivity (Wildman–Crippen MR) is 79.0 cm³/mol. The van der Waals surface area contributed by atoms with Crippen LogP contribution in [0.4, 0.5) is 0 Å². The molecule has 20 heavy (non-hydrogen) atoms. The quantitative estimate of drug-likeness (QED) is 0.887. The zero-order valence-corrected chi connectivity index (χ0v) is 11.9. The van der Waals surface area contributed by atoms with Gasteiger partial charge in [-0.1, -0.05) is 48.0 Å². The van der Waals surface area contributed by atoms with Gasteiger partial charge in [-0.15, -0.1) is 0 Å². The minimum absolute atomic E-state index is 0.123. The summed E-state index contributed by atoms with van der Waals surface area (Å²) in [5, 5.41) is 19.9. The number of ether oxygens (including phenoxy) is 1. The maximum Gasteiger partial charge on any atom is 0.138 e. The maximum atomic E-state index is 10.0. The highest BCUT2D eigenvalue weighted by molar-refractivity contribution is 6.32. The predicted octanol–water partition coefficient (Wildman–Crippen LogP) is 3.51. The van der Waals surface area contributed by atoms with E-state index < -0.39 is 12.2 Å². The second kappa shape index (κ2) is 6.75. The van der Waals surface area contributed by atoms with Gasteiger partial charge in [0.15, 0.2) is 0 Å². The van der Waals surface area contributed by atoms with Crippen molar-refractivity contribution < 1.29 is 14.9 Å². The van der Waals surface area contributed by atoms with E-state index in [1.165, 1.54) is 0 Å². The number of benzene rings is 2. The van der Waals surface area contributed by atoms with E-state index in [4.69, 9.17) is 16.3 Å². The third-order valence-electron chi connectivity index (χ3n) is 3.02. The van der Waals surface area contributed by atoms with Crippen molar-refractivity contribution in [2.24, 2.45) is 0 Å². The molecule has 0 saturated heterocycles. The lowest BCUT2D eigenvalue weighted by atomic mass is 10.1. The number of aliphatic hydroxyl groups excluding tert-OH is 2. The average Bonchev–Trinajstić information content (AvgIpc) is 2.46. The molecule has 0 aromatic heterocycles. The van der Waals surface area contributed by atoms with E-state index in [9.17, 15) is 10.2 Å². The molecule has 2 N–H and O–H groups in total. The maximum absolute atomic E-state index is 10.0. The second-order valence-corrected chi connectivity index (χ2v) is 5.01. The molecule has 2 aromatic carbocycles. The van der Waals surface area contributed by atoms with Crippen molar-refractivity contribution in [1.29, 1.82) is 0 Å². The molecule has 4 heteroatoms. The Bertz CT molecular complexity index is 555. The fraction of sp³-hybridized carbons (Fsp3) is 0.250. The molecule has 0 aliphatic carbocycles. The van der Waals surface area contributed by atoms with Crippen LogP contribution in [0.3, 0.4) is 0 Å². The first kappa shape index (κ1) is 14.9. The van der Waals surface area contributed by atoms with Gasteiger partial charge >= 0.3 is 0 Å². The molecule has 0 aliphatic rings. The van der Waals surface area contributed by atoms with E-state index in [-0.39, 0.29) is 6.61 Å². The van der Waals surface area contributed by atoms with E-state index in [2.05, 4.69) is 0 Å². The van der Waals surface area contributed by atoms with Crippen LogP contribution >= 0.6 is 11.6 Å². The minimum atomic E-state index is -0.705. The van der Waals surface area contributed by atoms with Gasteiger partial charge in [-0.25, -0.2) is 0 Å². The molecule has 0 bridgehead atoms. The van der Waals surface area contributed by atoms with Crippen LogP contribution in [0.15, 0.2) is 48.5 Å². The molecule has 3 nitrogen and oxygen atoms in total. The summed E-state index contributed by atoms with van der Waals surface area (Å²) in [5.74, 6) is 0.492.